The summed E-state index contributed by atoms with van der Waals surface area (Å²) in [5.41, 5.74) is -1.00. The van der Waals surface area contributed by atoms with Gasteiger partial charge in [-0.3, -0.25) is 4.72 Å². The molecule has 0 aliphatic carbocycles. The molecule has 0 radical (unpaired) electrons. The van der Waals surface area contributed by atoms with E-state index in [1.807, 2.05) is 0 Å². The van der Waals surface area contributed by atoms with Gasteiger partial charge < -0.3 is 9.47 Å². The van der Waals surface area contributed by atoms with Crippen LogP contribution in [0, 0.1) is 5.92 Å². The van der Waals surface area contributed by atoms with E-state index in [9.17, 15) is 21.6 Å². The van der Waals surface area contributed by atoms with Crippen molar-refractivity contribution >= 4 is 15.7 Å². The lowest BCUT2D eigenvalue weighted by Crippen LogP contribution is -2.21. The Labute approximate surface area is 127 Å². The molecule has 1 N–H and O–H groups in total. The lowest BCUT2D eigenvalue weighted by Gasteiger charge is -2.16. The first kappa shape index (κ1) is 18.6. The third-order valence-electron chi connectivity index (χ3n) is 2.46. The van der Waals surface area contributed by atoms with Crippen molar-refractivity contribution in [2.75, 3.05) is 24.4 Å². The lowest BCUT2D eigenvalue weighted by atomic mass is 10.2. The number of sulfonamides is 1. The Kier molecular flexibility index (Phi) is 6.07. The van der Waals surface area contributed by atoms with E-state index >= 15 is 0 Å². The third-order valence-corrected chi connectivity index (χ3v) is 4.10. The SMILES string of the molecule is COCOc1cc(C(F)(F)F)ccc1NS(=O)(=O)CC(C)C. The van der Waals surface area contributed by atoms with Crippen LogP contribution < -0.4 is 9.46 Å². The molecule has 5 nitrogen and oxygen atoms in total. The quantitative estimate of drug-likeness (QED) is 0.774. The normalized spacial score (nSPS) is 12.5. The second-order valence-electron chi connectivity index (χ2n) is 5.04. The summed E-state index contributed by atoms with van der Waals surface area (Å²) in [6, 6.07) is 2.53. The van der Waals surface area contributed by atoms with Gasteiger partial charge in [-0.2, -0.15) is 13.2 Å². The Balaban J connectivity index is 3.12. The summed E-state index contributed by atoms with van der Waals surface area (Å²) in [6.45, 7) is 3.13. The molecular formula is C13H18F3NO4S. The standard InChI is InChI=1S/C13H18F3NO4S/c1-9(2)7-22(18,19)17-11-5-4-10(13(14,15)16)6-12(11)21-8-20-3/h4-6,9,17H,7-8H2,1-3H3. The fourth-order valence-corrected chi connectivity index (χ4v) is 3.14. The van der Waals surface area contributed by atoms with Gasteiger partial charge in [-0.15, -0.1) is 0 Å². The molecule has 1 aromatic rings. The minimum absolute atomic E-state index is 0.0642. The molecule has 0 bridgehead atoms. The fraction of sp³-hybridized carbons (Fsp3) is 0.538. The first-order valence-corrected chi connectivity index (χ1v) is 8.04. The van der Waals surface area contributed by atoms with Gasteiger partial charge in [0.2, 0.25) is 10.0 Å². The van der Waals surface area contributed by atoms with Crippen molar-refractivity contribution < 1.29 is 31.1 Å². The maximum Gasteiger partial charge on any atom is 0.416 e. The molecule has 0 unspecified atom stereocenters. The van der Waals surface area contributed by atoms with Crippen LogP contribution in [0.4, 0.5) is 18.9 Å². The van der Waals surface area contributed by atoms with Gasteiger partial charge in [0.1, 0.15) is 5.75 Å². The molecule has 0 aromatic heterocycles. The molecule has 0 spiro atoms. The molecule has 0 aliphatic rings. The summed E-state index contributed by atoms with van der Waals surface area (Å²) < 4.78 is 73.8. The molecule has 22 heavy (non-hydrogen) atoms. The Hall–Kier alpha value is -1.48. The highest BCUT2D eigenvalue weighted by Gasteiger charge is 2.31. The van der Waals surface area contributed by atoms with Crippen LogP contribution in [0.1, 0.15) is 19.4 Å². The van der Waals surface area contributed by atoms with Crippen LogP contribution in [0.15, 0.2) is 18.2 Å². The number of hydrogen-bond donors (Lipinski definition) is 1. The molecule has 0 saturated heterocycles. The molecule has 0 saturated carbocycles. The maximum atomic E-state index is 12.7. The Morgan fingerprint density at radius 2 is 1.91 bits per heavy atom. The van der Waals surface area contributed by atoms with Crippen molar-refractivity contribution in [1.29, 1.82) is 0 Å². The number of halogens is 3. The van der Waals surface area contributed by atoms with Crippen LogP contribution in [-0.4, -0.2) is 28.1 Å². The molecule has 126 valence electrons. The third kappa shape index (κ3) is 5.72. The van der Waals surface area contributed by atoms with Crippen molar-refractivity contribution in [3.05, 3.63) is 23.8 Å². The van der Waals surface area contributed by atoms with Crippen molar-refractivity contribution in [2.24, 2.45) is 5.92 Å². The second kappa shape index (κ2) is 7.19. The second-order valence-corrected chi connectivity index (χ2v) is 6.80. The fourth-order valence-electron chi connectivity index (χ4n) is 1.67. The number of hydrogen-bond acceptors (Lipinski definition) is 4. The minimum atomic E-state index is -4.56. The lowest BCUT2D eigenvalue weighted by molar-refractivity contribution is -0.137. The van der Waals surface area contributed by atoms with E-state index in [1.165, 1.54) is 7.11 Å². The predicted octanol–water partition coefficient (Wildman–Crippen LogP) is 3.09. The monoisotopic (exact) mass is 341 g/mol. The number of alkyl halides is 3. The number of rotatable bonds is 7. The summed E-state index contributed by atoms with van der Waals surface area (Å²) in [7, 11) is -2.38. The highest BCUT2D eigenvalue weighted by molar-refractivity contribution is 7.92. The van der Waals surface area contributed by atoms with E-state index in [4.69, 9.17) is 4.74 Å². The smallest absolute Gasteiger partial charge is 0.416 e. The number of anilines is 1. The van der Waals surface area contributed by atoms with Gasteiger partial charge in [0.05, 0.1) is 17.0 Å². The van der Waals surface area contributed by atoms with Gasteiger partial charge in [0.15, 0.2) is 6.79 Å². The van der Waals surface area contributed by atoms with Gasteiger partial charge in [-0.25, -0.2) is 8.42 Å². The van der Waals surface area contributed by atoms with Gasteiger partial charge in [0, 0.05) is 7.11 Å². The number of ether oxygens (including phenoxy) is 2. The van der Waals surface area contributed by atoms with Gasteiger partial charge in [-0.05, 0) is 24.1 Å². The number of nitrogens with one attached hydrogen (secondary N) is 1. The topological polar surface area (TPSA) is 64.6 Å². The largest absolute Gasteiger partial charge is 0.465 e. The van der Waals surface area contributed by atoms with Crippen LogP contribution in [0.3, 0.4) is 0 Å². The number of benzene rings is 1. The first-order chi connectivity index (χ1) is 10.0. The first-order valence-electron chi connectivity index (χ1n) is 6.38. The summed E-state index contributed by atoms with van der Waals surface area (Å²) in [5.74, 6) is -0.531. The van der Waals surface area contributed by atoms with E-state index in [-0.39, 0.29) is 29.9 Å². The van der Waals surface area contributed by atoms with E-state index in [0.717, 1.165) is 18.2 Å². The number of methoxy groups -OCH3 is 1. The molecule has 0 aliphatic heterocycles. The Morgan fingerprint density at radius 1 is 1.27 bits per heavy atom. The Bertz CT molecular complexity index is 600. The average molecular weight is 341 g/mol. The van der Waals surface area contributed by atoms with E-state index in [0.29, 0.717) is 0 Å². The van der Waals surface area contributed by atoms with Crippen molar-refractivity contribution in [3.63, 3.8) is 0 Å². The molecule has 0 atom stereocenters. The predicted molar refractivity (Wildman–Crippen MR) is 76.2 cm³/mol. The van der Waals surface area contributed by atoms with Crippen LogP contribution in [0.25, 0.3) is 0 Å². The van der Waals surface area contributed by atoms with Gasteiger partial charge in [0.25, 0.3) is 0 Å². The van der Waals surface area contributed by atoms with Gasteiger partial charge >= 0.3 is 6.18 Å². The highest BCUT2D eigenvalue weighted by atomic mass is 32.2. The summed E-state index contributed by atoms with van der Waals surface area (Å²) in [6.07, 6.45) is -4.56. The highest BCUT2D eigenvalue weighted by Crippen LogP contribution is 2.35. The van der Waals surface area contributed by atoms with Crippen LogP contribution in [0.2, 0.25) is 0 Å². The van der Waals surface area contributed by atoms with Gasteiger partial charge in [-0.1, -0.05) is 13.8 Å². The van der Waals surface area contributed by atoms with E-state index in [2.05, 4.69) is 9.46 Å². The molecule has 1 aromatic carbocycles. The zero-order chi connectivity index (χ0) is 17.0. The zero-order valence-electron chi connectivity index (χ0n) is 12.4. The Morgan fingerprint density at radius 3 is 2.41 bits per heavy atom. The summed E-state index contributed by atoms with van der Waals surface area (Å²) >= 11 is 0. The molecule has 9 heteroatoms. The minimum Gasteiger partial charge on any atom is -0.465 e. The van der Waals surface area contributed by atoms with Crippen LogP contribution >= 0.6 is 0 Å². The molecule has 1 rings (SSSR count). The zero-order valence-corrected chi connectivity index (χ0v) is 13.2. The van der Waals surface area contributed by atoms with Crippen LogP contribution in [-0.2, 0) is 20.9 Å². The van der Waals surface area contributed by atoms with Crippen molar-refractivity contribution in [1.82, 2.24) is 0 Å². The summed E-state index contributed by atoms with van der Waals surface area (Å²) in [4.78, 5) is 0. The maximum absolute atomic E-state index is 12.7. The molecule has 0 heterocycles. The van der Waals surface area contributed by atoms with E-state index < -0.39 is 21.8 Å². The van der Waals surface area contributed by atoms with E-state index in [1.54, 1.807) is 13.8 Å². The molecular weight excluding hydrogens is 323 g/mol. The van der Waals surface area contributed by atoms with Crippen molar-refractivity contribution in [3.8, 4) is 5.75 Å². The molecule has 0 fully saturated rings. The molecule has 0 amide bonds. The van der Waals surface area contributed by atoms with Crippen LogP contribution in [0.5, 0.6) is 5.75 Å². The summed E-state index contributed by atoms with van der Waals surface area (Å²) in [5, 5.41) is 0. The average Bonchev–Trinajstić information content (AvgIpc) is 2.34. The van der Waals surface area contributed by atoms with Crippen molar-refractivity contribution in [2.45, 2.75) is 20.0 Å².